The first-order valence-corrected chi connectivity index (χ1v) is 6.95. The Bertz CT molecular complexity index is 746. The molecule has 1 aromatic heterocycles. The van der Waals surface area contributed by atoms with Crippen LogP contribution in [0.2, 0.25) is 0 Å². The molecule has 0 aliphatic rings. The number of aliphatic hydroxyl groups excluding tert-OH is 1. The van der Waals surface area contributed by atoms with E-state index < -0.39 is 0 Å². The molecule has 0 spiro atoms. The highest BCUT2D eigenvalue weighted by Crippen LogP contribution is 2.37. The van der Waals surface area contributed by atoms with E-state index in [4.69, 9.17) is 0 Å². The van der Waals surface area contributed by atoms with Gasteiger partial charge in [-0.3, -0.25) is 0 Å². The van der Waals surface area contributed by atoms with Crippen LogP contribution in [0.3, 0.4) is 0 Å². The highest BCUT2D eigenvalue weighted by Gasteiger charge is 2.12. The minimum Gasteiger partial charge on any atom is -0.392 e. The summed E-state index contributed by atoms with van der Waals surface area (Å²) in [6, 6.07) is 11.3. The highest BCUT2D eigenvalue weighted by molar-refractivity contribution is 7.17. The third-order valence-corrected chi connectivity index (χ3v) is 4.31. The number of rotatable bonds is 2. The number of hydrogen-bond donors (Lipinski definition) is 1. The maximum absolute atomic E-state index is 14.0. The van der Waals surface area contributed by atoms with Gasteiger partial charge in [0.2, 0.25) is 0 Å². The van der Waals surface area contributed by atoms with Crippen molar-refractivity contribution in [3.63, 3.8) is 0 Å². The van der Waals surface area contributed by atoms with Gasteiger partial charge >= 0.3 is 0 Å². The zero-order chi connectivity index (χ0) is 13.4. The summed E-state index contributed by atoms with van der Waals surface area (Å²) in [5.41, 5.74) is 3.92. The van der Waals surface area contributed by atoms with Gasteiger partial charge in [0.05, 0.1) is 11.3 Å². The zero-order valence-electron chi connectivity index (χ0n) is 10.5. The highest BCUT2D eigenvalue weighted by atomic mass is 32.1. The van der Waals surface area contributed by atoms with Gasteiger partial charge in [-0.15, -0.1) is 11.3 Å². The fraction of sp³-hybridized carbons (Fsp3) is 0.125. The first-order valence-electron chi connectivity index (χ1n) is 6.07. The fourth-order valence-electron chi connectivity index (χ4n) is 2.33. The second-order valence-electron chi connectivity index (χ2n) is 4.58. The van der Waals surface area contributed by atoms with E-state index in [0.717, 1.165) is 22.1 Å². The number of fused-ring (bicyclic) bond motifs is 1. The zero-order valence-corrected chi connectivity index (χ0v) is 11.3. The van der Waals surface area contributed by atoms with E-state index >= 15 is 0 Å². The molecule has 0 amide bonds. The van der Waals surface area contributed by atoms with Gasteiger partial charge in [-0.2, -0.15) is 0 Å². The van der Waals surface area contributed by atoms with E-state index in [1.54, 1.807) is 0 Å². The van der Waals surface area contributed by atoms with Crippen molar-refractivity contribution in [3.05, 3.63) is 58.7 Å². The van der Waals surface area contributed by atoms with E-state index in [9.17, 15) is 9.50 Å². The van der Waals surface area contributed by atoms with Gasteiger partial charge in [0.1, 0.15) is 5.82 Å². The Kier molecular flexibility index (Phi) is 3.09. The summed E-state index contributed by atoms with van der Waals surface area (Å²) in [7, 11) is 0. The Morgan fingerprint density at radius 1 is 1.16 bits per heavy atom. The van der Waals surface area contributed by atoms with Crippen LogP contribution in [0.4, 0.5) is 4.39 Å². The normalized spacial score (nSPS) is 11.1. The van der Waals surface area contributed by atoms with E-state index in [1.165, 1.54) is 17.4 Å². The summed E-state index contributed by atoms with van der Waals surface area (Å²) in [5, 5.41) is 12.1. The summed E-state index contributed by atoms with van der Waals surface area (Å²) >= 11 is 1.41. The lowest BCUT2D eigenvalue weighted by Gasteiger charge is -2.05. The first kappa shape index (κ1) is 12.3. The van der Waals surface area contributed by atoms with E-state index in [-0.39, 0.29) is 12.4 Å². The molecule has 0 aliphatic carbocycles. The summed E-state index contributed by atoms with van der Waals surface area (Å²) in [4.78, 5) is 0. The molecule has 0 fully saturated rings. The summed E-state index contributed by atoms with van der Waals surface area (Å²) in [6.45, 7) is 1.90. The van der Waals surface area contributed by atoms with Crippen LogP contribution >= 0.6 is 11.3 Å². The number of hydrogen-bond acceptors (Lipinski definition) is 2. The largest absolute Gasteiger partial charge is 0.392 e. The molecular formula is C16H13FOS. The van der Waals surface area contributed by atoms with Gasteiger partial charge in [-0.05, 0) is 41.1 Å². The lowest BCUT2D eigenvalue weighted by molar-refractivity contribution is 0.281. The molecule has 1 nitrogen and oxygen atoms in total. The molecule has 0 bridgehead atoms. The SMILES string of the molecule is Cc1ccccc1-c1csc2c(F)cc(CO)cc12. The van der Waals surface area contributed by atoms with Gasteiger partial charge in [0.15, 0.2) is 0 Å². The topological polar surface area (TPSA) is 20.2 Å². The van der Waals surface area contributed by atoms with Gasteiger partial charge < -0.3 is 5.11 Å². The molecule has 0 atom stereocenters. The molecule has 2 aromatic carbocycles. The van der Waals surface area contributed by atoms with E-state index in [1.807, 2.05) is 42.6 Å². The minimum absolute atomic E-state index is 0.143. The predicted octanol–water partition coefficient (Wildman–Crippen LogP) is 4.51. The monoisotopic (exact) mass is 272 g/mol. The Hall–Kier alpha value is -1.71. The van der Waals surface area contributed by atoms with Crippen molar-refractivity contribution in [2.45, 2.75) is 13.5 Å². The summed E-state index contributed by atoms with van der Waals surface area (Å²) < 4.78 is 14.6. The van der Waals surface area contributed by atoms with Crippen LogP contribution in [0, 0.1) is 12.7 Å². The Morgan fingerprint density at radius 3 is 2.68 bits per heavy atom. The van der Waals surface area contributed by atoms with Gasteiger partial charge in [0, 0.05) is 10.9 Å². The van der Waals surface area contributed by atoms with Crippen LogP contribution in [-0.4, -0.2) is 5.11 Å². The van der Waals surface area contributed by atoms with Crippen LogP contribution in [0.25, 0.3) is 21.2 Å². The van der Waals surface area contributed by atoms with Crippen LogP contribution in [-0.2, 0) is 6.61 Å². The molecule has 96 valence electrons. The van der Waals surface area contributed by atoms with Crippen molar-refractivity contribution in [1.29, 1.82) is 0 Å². The molecule has 3 rings (SSSR count). The standard InChI is InChI=1S/C16H13FOS/c1-10-4-2-3-5-12(10)14-9-19-16-13(14)6-11(8-18)7-15(16)17/h2-7,9,18H,8H2,1H3. The van der Waals surface area contributed by atoms with Gasteiger partial charge in [-0.1, -0.05) is 24.3 Å². The van der Waals surface area contributed by atoms with Crippen LogP contribution in [0.5, 0.6) is 0 Å². The van der Waals surface area contributed by atoms with Crippen LogP contribution in [0.15, 0.2) is 41.8 Å². The lowest BCUT2D eigenvalue weighted by atomic mass is 9.99. The average Bonchev–Trinajstić information content (AvgIpc) is 2.83. The molecule has 0 saturated carbocycles. The molecule has 0 unspecified atom stereocenters. The second-order valence-corrected chi connectivity index (χ2v) is 5.46. The predicted molar refractivity (Wildman–Crippen MR) is 77.9 cm³/mol. The lowest BCUT2D eigenvalue weighted by Crippen LogP contribution is -1.87. The van der Waals surface area contributed by atoms with E-state index in [2.05, 4.69) is 0 Å². The molecule has 19 heavy (non-hydrogen) atoms. The minimum atomic E-state index is -0.258. The quantitative estimate of drug-likeness (QED) is 0.727. The van der Waals surface area contributed by atoms with Crippen molar-refractivity contribution in [2.75, 3.05) is 0 Å². The van der Waals surface area contributed by atoms with Crippen LogP contribution < -0.4 is 0 Å². The summed E-state index contributed by atoms with van der Waals surface area (Å²) in [5.74, 6) is -0.258. The second kappa shape index (κ2) is 4.76. The molecule has 0 saturated heterocycles. The maximum Gasteiger partial charge on any atom is 0.141 e. The van der Waals surface area contributed by atoms with Crippen molar-refractivity contribution < 1.29 is 9.50 Å². The van der Waals surface area contributed by atoms with Crippen molar-refractivity contribution in [3.8, 4) is 11.1 Å². The molecule has 3 aromatic rings. The Balaban J connectivity index is 2.31. The first-order chi connectivity index (χ1) is 9.20. The van der Waals surface area contributed by atoms with Crippen molar-refractivity contribution in [2.24, 2.45) is 0 Å². The summed E-state index contributed by atoms with van der Waals surface area (Å²) in [6.07, 6.45) is 0. The average molecular weight is 272 g/mol. The van der Waals surface area contributed by atoms with Crippen LogP contribution in [0.1, 0.15) is 11.1 Å². The van der Waals surface area contributed by atoms with E-state index in [0.29, 0.717) is 10.3 Å². The van der Waals surface area contributed by atoms with Crippen molar-refractivity contribution >= 4 is 21.4 Å². The molecule has 0 radical (unpaired) electrons. The van der Waals surface area contributed by atoms with Gasteiger partial charge in [-0.25, -0.2) is 4.39 Å². The third-order valence-electron chi connectivity index (χ3n) is 3.31. The molecule has 0 aliphatic heterocycles. The number of thiophene rings is 1. The molecule has 1 heterocycles. The smallest absolute Gasteiger partial charge is 0.141 e. The number of halogens is 1. The molecule has 1 N–H and O–H groups in total. The maximum atomic E-state index is 14.0. The van der Waals surface area contributed by atoms with Crippen molar-refractivity contribution in [1.82, 2.24) is 0 Å². The Morgan fingerprint density at radius 2 is 1.95 bits per heavy atom. The third kappa shape index (κ3) is 2.05. The number of aryl methyl sites for hydroxylation is 1. The Labute approximate surface area is 115 Å². The number of aliphatic hydroxyl groups is 1. The van der Waals surface area contributed by atoms with Gasteiger partial charge in [0.25, 0.3) is 0 Å². The fourth-order valence-corrected chi connectivity index (χ4v) is 3.28. The molecular weight excluding hydrogens is 259 g/mol. The molecule has 3 heteroatoms. The number of benzene rings is 2.